The molecule has 4 atom stereocenters. The number of benzene rings is 1. The molecule has 16 heteroatoms. The number of carbonyl (C=O) groups excluding carboxylic acids is 3. The van der Waals surface area contributed by atoms with Crippen molar-refractivity contribution < 1.29 is 55.3 Å². The number of ether oxygens (including phenoxy) is 2. The van der Waals surface area contributed by atoms with Gasteiger partial charge in [0.15, 0.2) is 0 Å². The van der Waals surface area contributed by atoms with Gasteiger partial charge in [-0.05, 0) is 64.0 Å². The van der Waals surface area contributed by atoms with Crippen LogP contribution in [0.1, 0.15) is 98.0 Å². The largest absolute Gasteiger partial charge is 0.490 e. The third-order valence-corrected chi connectivity index (χ3v) is 12.0. The zero-order chi connectivity index (χ0) is 39.8. The molecular formula is C39H43F6N3O6S. The van der Waals surface area contributed by atoms with E-state index in [9.17, 15) is 45.8 Å². The van der Waals surface area contributed by atoms with Crippen LogP contribution in [-0.4, -0.2) is 74.9 Å². The number of amides is 2. The predicted octanol–water partition coefficient (Wildman–Crippen LogP) is 8.05. The topological polar surface area (TPSA) is 109 Å². The molecule has 2 aromatic heterocycles. The minimum atomic E-state index is -4.89. The monoisotopic (exact) mass is 795 g/mol. The van der Waals surface area contributed by atoms with Crippen LogP contribution >= 0.6 is 11.3 Å². The maximum atomic E-state index is 14.9. The molecular weight excluding hydrogens is 752 g/mol. The highest BCUT2D eigenvalue weighted by Gasteiger charge is 2.56. The average Bonchev–Trinajstić information content (AvgIpc) is 3.82. The molecule has 2 amide bonds. The van der Waals surface area contributed by atoms with E-state index in [1.54, 1.807) is 38.1 Å². The molecule has 2 aliphatic heterocycles. The molecule has 9 nitrogen and oxygen atoms in total. The van der Waals surface area contributed by atoms with E-state index in [0.29, 0.717) is 54.4 Å². The summed E-state index contributed by atoms with van der Waals surface area (Å²) in [5.74, 6) is -1.43. The first kappa shape index (κ1) is 40.5. The van der Waals surface area contributed by atoms with E-state index in [1.165, 1.54) is 9.80 Å². The molecule has 1 saturated carbocycles. The minimum Gasteiger partial charge on any atom is -0.490 e. The van der Waals surface area contributed by atoms with Gasteiger partial charge in [-0.15, -0.1) is 11.3 Å². The normalized spacial score (nSPS) is 24.4. The Morgan fingerprint density at radius 3 is 2.36 bits per heavy atom. The molecule has 0 bridgehead atoms. The van der Waals surface area contributed by atoms with Gasteiger partial charge in [-0.25, -0.2) is 0 Å². The van der Waals surface area contributed by atoms with Crippen molar-refractivity contribution in [2.24, 2.45) is 5.92 Å². The number of para-hydroxylation sites is 1. The van der Waals surface area contributed by atoms with Crippen LogP contribution in [0.15, 0.2) is 54.2 Å². The van der Waals surface area contributed by atoms with E-state index >= 15 is 0 Å². The maximum absolute atomic E-state index is 14.9. The van der Waals surface area contributed by atoms with E-state index in [4.69, 9.17) is 9.47 Å². The van der Waals surface area contributed by atoms with Crippen LogP contribution in [0.25, 0.3) is 0 Å². The zero-order valence-electron chi connectivity index (χ0n) is 30.4. The molecule has 0 spiro atoms. The van der Waals surface area contributed by atoms with Gasteiger partial charge in [0, 0.05) is 61.4 Å². The molecule has 2 saturated heterocycles. The third kappa shape index (κ3) is 8.35. The number of pyridine rings is 1. The molecule has 1 N–H and O–H groups in total. The van der Waals surface area contributed by atoms with Crippen molar-refractivity contribution in [2.45, 2.75) is 107 Å². The van der Waals surface area contributed by atoms with Crippen molar-refractivity contribution in [1.29, 1.82) is 0 Å². The highest BCUT2D eigenvalue weighted by atomic mass is 32.1. The molecule has 0 radical (unpaired) electrons. The lowest BCUT2D eigenvalue weighted by Crippen LogP contribution is -2.68. The highest BCUT2D eigenvalue weighted by molar-refractivity contribution is 7.10. The van der Waals surface area contributed by atoms with Gasteiger partial charge in [-0.2, -0.15) is 26.3 Å². The van der Waals surface area contributed by atoms with Crippen molar-refractivity contribution in [1.82, 2.24) is 14.8 Å². The second kappa shape index (κ2) is 15.8. The van der Waals surface area contributed by atoms with E-state index in [-0.39, 0.29) is 75.3 Å². The van der Waals surface area contributed by atoms with Crippen LogP contribution in [0.4, 0.5) is 26.3 Å². The van der Waals surface area contributed by atoms with Crippen LogP contribution in [-0.2, 0) is 27.5 Å². The second-order valence-corrected chi connectivity index (χ2v) is 15.6. The number of rotatable bonds is 10. The van der Waals surface area contributed by atoms with E-state index in [2.05, 4.69) is 4.98 Å². The van der Waals surface area contributed by atoms with Crippen molar-refractivity contribution in [3.63, 3.8) is 0 Å². The quantitative estimate of drug-likeness (QED) is 0.207. The molecule has 3 aliphatic rings. The first-order valence-electron chi connectivity index (χ1n) is 18.4. The van der Waals surface area contributed by atoms with Gasteiger partial charge >= 0.3 is 12.4 Å². The number of ketones is 1. The van der Waals surface area contributed by atoms with Gasteiger partial charge in [0.1, 0.15) is 22.2 Å². The summed E-state index contributed by atoms with van der Waals surface area (Å²) in [5, 5.41) is 13.2. The van der Waals surface area contributed by atoms with E-state index < -0.39 is 57.4 Å². The fourth-order valence-corrected chi connectivity index (χ4v) is 8.95. The maximum Gasteiger partial charge on any atom is 0.425 e. The molecule has 3 aromatic rings. The first-order chi connectivity index (χ1) is 26.0. The van der Waals surface area contributed by atoms with Gasteiger partial charge in [-0.3, -0.25) is 19.4 Å². The summed E-state index contributed by atoms with van der Waals surface area (Å²) in [6, 6.07) is 7.35. The van der Waals surface area contributed by atoms with Gasteiger partial charge < -0.3 is 24.4 Å². The molecule has 1 aromatic carbocycles. The summed E-state index contributed by atoms with van der Waals surface area (Å²) in [5.41, 5.74) is -4.80. The molecule has 0 unspecified atom stereocenters. The van der Waals surface area contributed by atoms with E-state index in [1.807, 2.05) is 0 Å². The Balaban J connectivity index is 1.31. The average molecular weight is 796 g/mol. The molecule has 3 fully saturated rings. The van der Waals surface area contributed by atoms with Crippen LogP contribution in [0.3, 0.4) is 0 Å². The van der Waals surface area contributed by atoms with Crippen molar-refractivity contribution in [3.8, 4) is 11.5 Å². The molecule has 1 aliphatic carbocycles. The fraction of sp³-hybridized carbons (Fsp3) is 0.538. The highest BCUT2D eigenvalue weighted by Crippen LogP contribution is 2.45. The first-order valence-corrected chi connectivity index (χ1v) is 19.3. The zero-order valence-corrected chi connectivity index (χ0v) is 31.2. The number of aromatic nitrogens is 1. The summed E-state index contributed by atoms with van der Waals surface area (Å²) >= 11 is 0.375. The Hall–Kier alpha value is -4.18. The molecule has 298 valence electrons. The Kier molecular flexibility index (Phi) is 11.6. The number of aliphatic hydroxyl groups is 1. The summed E-state index contributed by atoms with van der Waals surface area (Å²) in [7, 11) is 0. The predicted molar refractivity (Wildman–Crippen MR) is 189 cm³/mol. The molecule has 4 heterocycles. The number of thiophene rings is 1. The van der Waals surface area contributed by atoms with Gasteiger partial charge in [-0.1, -0.05) is 31.5 Å². The lowest BCUT2D eigenvalue weighted by Gasteiger charge is -2.51. The number of halogens is 6. The third-order valence-electron chi connectivity index (χ3n) is 11.1. The number of carbonyl (C=O) groups is 3. The summed E-state index contributed by atoms with van der Waals surface area (Å²) in [6.45, 7) is 3.28. The van der Waals surface area contributed by atoms with Crippen molar-refractivity contribution in [2.75, 3.05) is 19.6 Å². The number of Topliss-reactive ketones (excluding diaryl/α,β-unsaturated/α-hetero) is 1. The Bertz CT molecular complexity index is 1880. The van der Waals surface area contributed by atoms with Crippen molar-refractivity contribution in [3.05, 3.63) is 75.7 Å². The molecule has 6 rings (SSSR count). The SMILES string of the molecule is CCC[C@H]1N(C(=O)c2cnccc2C(F)(F)F)CCC[C@@]1(Oc1csc(C(F)(F)F)c1)C(=O)N1CCC(O)(c2ccccc2O[C@@H]2CC[C@@H](C(C)=O)C2)CC1. The number of nitrogens with zero attached hydrogens (tertiary/aromatic N) is 3. The van der Waals surface area contributed by atoms with Crippen LogP contribution < -0.4 is 9.47 Å². The van der Waals surface area contributed by atoms with Crippen LogP contribution in [0.2, 0.25) is 0 Å². The minimum absolute atomic E-state index is 0.00429. The Morgan fingerprint density at radius 1 is 1.00 bits per heavy atom. The van der Waals surface area contributed by atoms with Crippen LogP contribution in [0, 0.1) is 5.92 Å². The smallest absolute Gasteiger partial charge is 0.425 e. The Morgan fingerprint density at radius 2 is 1.73 bits per heavy atom. The number of likely N-dealkylation sites (tertiary alicyclic amines) is 2. The summed E-state index contributed by atoms with van der Waals surface area (Å²) < 4.78 is 96.0. The Labute approximate surface area is 318 Å². The number of hydrogen-bond acceptors (Lipinski definition) is 8. The van der Waals surface area contributed by atoms with E-state index in [0.717, 1.165) is 23.8 Å². The number of piperidine rings is 2. The number of hydrogen-bond donors (Lipinski definition) is 1. The summed E-state index contributed by atoms with van der Waals surface area (Å²) in [6.07, 6.45) is -5.46. The van der Waals surface area contributed by atoms with Crippen LogP contribution in [0.5, 0.6) is 11.5 Å². The lowest BCUT2D eigenvalue weighted by atomic mass is 9.78. The van der Waals surface area contributed by atoms with Gasteiger partial charge in [0.2, 0.25) is 5.60 Å². The standard InChI is InChI=1S/C39H43F6N3O6S/c1-3-7-32-37(54-27-21-33(55-23-27)39(43,44)45,13-6-17-48(32)34(50)28-22-46-16-12-29(28)38(40,41)42)35(51)47-18-14-36(52,15-19-47)30-8-4-5-9-31(30)53-26-11-10-25(20-26)24(2)49/h4-5,8-9,12,16,21-23,25-26,32,52H,3,6-7,10-11,13-15,17-20H2,1-2H3/t25-,26-,32-,37+/m1/s1. The number of alkyl halides is 6. The lowest BCUT2D eigenvalue weighted by molar-refractivity contribution is -0.163. The second-order valence-electron chi connectivity index (χ2n) is 14.6. The van der Waals surface area contributed by atoms with Gasteiger partial charge in [0.25, 0.3) is 11.8 Å². The summed E-state index contributed by atoms with van der Waals surface area (Å²) in [4.78, 5) is 46.4. The van der Waals surface area contributed by atoms with Gasteiger partial charge in [0.05, 0.1) is 28.9 Å². The van der Waals surface area contributed by atoms with Crippen molar-refractivity contribution >= 4 is 28.9 Å². The fourth-order valence-electron chi connectivity index (χ4n) is 8.27. The molecule has 55 heavy (non-hydrogen) atoms.